The second kappa shape index (κ2) is 7.41. The van der Waals surface area contributed by atoms with Crippen LogP contribution in [0.25, 0.3) is 0 Å². The van der Waals surface area contributed by atoms with Crippen LogP contribution in [0, 0.1) is 11.6 Å². The molecule has 2 N–H and O–H groups in total. The van der Waals surface area contributed by atoms with E-state index in [0.717, 1.165) is 12.1 Å². The van der Waals surface area contributed by atoms with E-state index in [9.17, 15) is 22.6 Å². The van der Waals surface area contributed by atoms with Gasteiger partial charge in [-0.1, -0.05) is 0 Å². The number of carbonyl (C=O) groups is 2. The summed E-state index contributed by atoms with van der Waals surface area (Å²) in [5, 5.41) is 0. The third-order valence-corrected chi connectivity index (χ3v) is 3.69. The van der Waals surface area contributed by atoms with Crippen molar-refractivity contribution in [2.75, 3.05) is 4.72 Å². The van der Waals surface area contributed by atoms with E-state index < -0.39 is 28.7 Å². The molecular weight excluding hydrogens is 340 g/mol. The van der Waals surface area contributed by atoms with Gasteiger partial charge in [-0.2, -0.15) is 0 Å². The van der Waals surface area contributed by atoms with Crippen molar-refractivity contribution in [3.63, 3.8) is 0 Å². The van der Waals surface area contributed by atoms with Crippen molar-refractivity contribution in [1.82, 2.24) is 0 Å². The summed E-state index contributed by atoms with van der Waals surface area (Å²) in [5.74, 6) is -2.71. The molecule has 0 bridgehead atoms. The average Bonchev–Trinajstić information content (AvgIpc) is 2.48. The summed E-state index contributed by atoms with van der Waals surface area (Å²) in [6.45, 7) is 1.33. The number of halogens is 2. The minimum Gasteiger partial charge on any atom is -0.295 e. The Hall–Kier alpha value is -2.45. The SMILES string of the molecule is CC(=O)c1ccc(NS(=O)O)c(CC(=O)c2ccc(F)cc2F)c1. The maximum atomic E-state index is 13.7. The second-order valence-corrected chi connectivity index (χ2v) is 5.71. The molecule has 1 unspecified atom stereocenters. The Bertz CT molecular complexity index is 839. The normalized spacial score (nSPS) is 11.8. The van der Waals surface area contributed by atoms with Crippen LogP contribution < -0.4 is 4.72 Å². The predicted octanol–water partition coefficient (Wildman–Crippen LogP) is 3.14. The molecule has 8 heteroatoms. The van der Waals surface area contributed by atoms with Crippen LogP contribution in [0.3, 0.4) is 0 Å². The summed E-state index contributed by atoms with van der Waals surface area (Å²) < 4.78 is 48.7. The number of hydrogen-bond acceptors (Lipinski definition) is 3. The molecule has 2 rings (SSSR count). The number of hydrogen-bond donors (Lipinski definition) is 2. The lowest BCUT2D eigenvalue weighted by Gasteiger charge is -2.11. The molecule has 2 aromatic carbocycles. The monoisotopic (exact) mass is 353 g/mol. The molecule has 5 nitrogen and oxygen atoms in total. The fraction of sp³-hybridized carbons (Fsp3) is 0.125. The van der Waals surface area contributed by atoms with E-state index in [4.69, 9.17) is 4.55 Å². The minimum atomic E-state index is -2.38. The number of ketones is 2. The fourth-order valence-electron chi connectivity index (χ4n) is 2.14. The van der Waals surface area contributed by atoms with Gasteiger partial charge in [0.1, 0.15) is 11.6 Å². The Morgan fingerprint density at radius 3 is 2.46 bits per heavy atom. The van der Waals surface area contributed by atoms with Crippen molar-refractivity contribution in [3.8, 4) is 0 Å². The zero-order chi connectivity index (χ0) is 17.9. The number of anilines is 1. The molecule has 0 fully saturated rings. The number of carbonyl (C=O) groups excluding carboxylic acids is 2. The smallest absolute Gasteiger partial charge is 0.259 e. The first-order chi connectivity index (χ1) is 11.3. The second-order valence-electron chi connectivity index (χ2n) is 5.00. The van der Waals surface area contributed by atoms with Gasteiger partial charge in [0.2, 0.25) is 0 Å². The predicted molar refractivity (Wildman–Crippen MR) is 85.2 cm³/mol. The van der Waals surface area contributed by atoms with E-state index in [1.54, 1.807) is 0 Å². The maximum Gasteiger partial charge on any atom is 0.259 e. The van der Waals surface area contributed by atoms with Gasteiger partial charge in [0.05, 0.1) is 11.3 Å². The largest absolute Gasteiger partial charge is 0.295 e. The summed E-state index contributed by atoms with van der Waals surface area (Å²) in [6, 6.07) is 6.79. The van der Waals surface area contributed by atoms with E-state index in [2.05, 4.69) is 4.72 Å². The van der Waals surface area contributed by atoms with Gasteiger partial charge in [-0.15, -0.1) is 0 Å². The van der Waals surface area contributed by atoms with Crippen LogP contribution in [-0.2, 0) is 17.7 Å². The third-order valence-electron chi connectivity index (χ3n) is 3.29. The van der Waals surface area contributed by atoms with Crippen LogP contribution in [0.5, 0.6) is 0 Å². The molecule has 126 valence electrons. The van der Waals surface area contributed by atoms with E-state index in [1.165, 1.54) is 25.1 Å². The number of nitrogens with one attached hydrogen (secondary N) is 1. The molecule has 0 aliphatic rings. The average molecular weight is 353 g/mol. The lowest BCUT2D eigenvalue weighted by atomic mass is 9.98. The van der Waals surface area contributed by atoms with Crippen molar-refractivity contribution in [3.05, 3.63) is 64.7 Å². The van der Waals surface area contributed by atoms with E-state index >= 15 is 0 Å². The standard InChI is InChI=1S/C16H13F2NO4S/c1-9(20)10-2-5-15(19-24(22)23)11(6-10)7-16(21)13-4-3-12(17)8-14(13)18/h2-6,8,19H,7H2,1H3,(H,22,23). The highest BCUT2D eigenvalue weighted by Crippen LogP contribution is 2.22. The molecule has 0 radical (unpaired) electrons. The van der Waals surface area contributed by atoms with Crippen molar-refractivity contribution in [1.29, 1.82) is 0 Å². The molecule has 0 saturated carbocycles. The van der Waals surface area contributed by atoms with Crippen molar-refractivity contribution in [2.24, 2.45) is 0 Å². The van der Waals surface area contributed by atoms with Crippen molar-refractivity contribution >= 4 is 28.5 Å². The molecule has 0 spiro atoms. The molecule has 0 aliphatic heterocycles. The first-order valence-electron chi connectivity index (χ1n) is 6.77. The number of benzene rings is 2. The Labute approximate surface area is 139 Å². The lowest BCUT2D eigenvalue weighted by molar-refractivity contribution is 0.0984. The number of Topliss-reactive ketones (excluding diaryl/α,β-unsaturated/α-hetero) is 2. The lowest BCUT2D eigenvalue weighted by Crippen LogP contribution is -2.11. The van der Waals surface area contributed by atoms with Gasteiger partial charge in [-0.05, 0) is 42.8 Å². The quantitative estimate of drug-likeness (QED) is 0.617. The fourth-order valence-corrected chi connectivity index (χ4v) is 2.52. The van der Waals surface area contributed by atoms with Gasteiger partial charge in [-0.3, -0.25) is 18.9 Å². The molecule has 24 heavy (non-hydrogen) atoms. The van der Waals surface area contributed by atoms with Crippen LogP contribution in [0.1, 0.15) is 33.2 Å². The summed E-state index contributed by atoms with van der Waals surface area (Å²) in [4.78, 5) is 23.7. The maximum absolute atomic E-state index is 13.7. The van der Waals surface area contributed by atoms with Gasteiger partial charge in [-0.25, -0.2) is 13.0 Å². The highest BCUT2D eigenvalue weighted by molar-refractivity contribution is 7.80. The van der Waals surface area contributed by atoms with E-state index in [0.29, 0.717) is 11.6 Å². The molecule has 2 aromatic rings. The number of rotatable bonds is 6. The van der Waals surface area contributed by atoms with Crippen LogP contribution in [0.4, 0.5) is 14.5 Å². The first kappa shape index (κ1) is 17.9. The van der Waals surface area contributed by atoms with E-state index in [1.807, 2.05) is 0 Å². The zero-order valence-corrected chi connectivity index (χ0v) is 13.3. The molecular formula is C16H13F2NO4S. The molecule has 0 aromatic heterocycles. The summed E-state index contributed by atoms with van der Waals surface area (Å²) in [6.07, 6.45) is -0.330. The van der Waals surface area contributed by atoms with Crippen molar-refractivity contribution in [2.45, 2.75) is 13.3 Å². The van der Waals surface area contributed by atoms with Crippen LogP contribution >= 0.6 is 0 Å². The van der Waals surface area contributed by atoms with Gasteiger partial charge in [0, 0.05) is 18.1 Å². The topological polar surface area (TPSA) is 83.5 Å². The zero-order valence-electron chi connectivity index (χ0n) is 12.5. The first-order valence-corrected chi connectivity index (χ1v) is 7.88. The van der Waals surface area contributed by atoms with E-state index in [-0.39, 0.29) is 29.0 Å². The molecule has 0 amide bonds. The molecule has 1 atom stereocenters. The Balaban J connectivity index is 2.38. The minimum absolute atomic E-state index is 0.164. The van der Waals surface area contributed by atoms with Crippen molar-refractivity contribution < 1.29 is 27.1 Å². The molecule has 0 saturated heterocycles. The summed E-state index contributed by atoms with van der Waals surface area (Å²) in [7, 11) is 0. The Morgan fingerprint density at radius 2 is 1.88 bits per heavy atom. The van der Waals surface area contributed by atoms with Crippen LogP contribution in [0.2, 0.25) is 0 Å². The molecule has 0 aliphatic carbocycles. The summed E-state index contributed by atoms with van der Waals surface area (Å²) in [5.41, 5.74) is 0.405. The highest BCUT2D eigenvalue weighted by Gasteiger charge is 2.16. The highest BCUT2D eigenvalue weighted by atomic mass is 32.2. The van der Waals surface area contributed by atoms with Crippen LogP contribution in [-0.4, -0.2) is 20.3 Å². The third kappa shape index (κ3) is 4.30. The van der Waals surface area contributed by atoms with Gasteiger partial charge >= 0.3 is 0 Å². The Morgan fingerprint density at radius 1 is 1.17 bits per heavy atom. The van der Waals surface area contributed by atoms with Gasteiger partial charge in [0.15, 0.2) is 11.6 Å². The van der Waals surface area contributed by atoms with Gasteiger partial charge < -0.3 is 0 Å². The van der Waals surface area contributed by atoms with Gasteiger partial charge in [0.25, 0.3) is 11.3 Å². The van der Waals surface area contributed by atoms with Crippen LogP contribution in [0.15, 0.2) is 36.4 Å². The summed E-state index contributed by atoms with van der Waals surface area (Å²) >= 11 is -2.38. The Kier molecular flexibility index (Phi) is 5.53. The molecule has 0 heterocycles.